The van der Waals surface area contributed by atoms with E-state index in [9.17, 15) is 0 Å². The third-order valence-corrected chi connectivity index (χ3v) is 4.08. The van der Waals surface area contributed by atoms with E-state index >= 15 is 0 Å². The van der Waals surface area contributed by atoms with Crippen LogP contribution in [0.1, 0.15) is 18.1 Å². The summed E-state index contributed by atoms with van der Waals surface area (Å²) in [5, 5.41) is 0. The first kappa shape index (κ1) is 19.0. The Labute approximate surface area is 154 Å². The summed E-state index contributed by atoms with van der Waals surface area (Å²) in [6, 6.07) is 20.1. The molecule has 0 aliphatic carbocycles. The minimum Gasteiger partial charge on any atom is -0.374 e. The number of rotatable bonds is 10. The van der Waals surface area contributed by atoms with Gasteiger partial charge in [0.2, 0.25) is 0 Å². The molecule has 0 aromatic heterocycles. The maximum Gasteiger partial charge on any atom is 0.272 e. The standard InChI is InChI=1S/C21H26O5/c1-2-24-21-25-19(15-22-13-17-9-5-3-6-10-17)20(26-21)16-23-14-18-11-7-4-8-12-18/h3-12,19-21H,2,13-16H2,1H3/t19-,20-/m0/s1. The van der Waals surface area contributed by atoms with Crippen molar-refractivity contribution in [2.45, 2.75) is 38.8 Å². The molecule has 0 bridgehead atoms. The molecule has 3 rings (SSSR count). The van der Waals surface area contributed by atoms with E-state index in [-0.39, 0.29) is 12.2 Å². The SMILES string of the molecule is CCOC1O[C@@H](COCc2ccccc2)[C@H](COCc2ccccc2)O1. The Morgan fingerprint density at radius 1 is 0.731 bits per heavy atom. The Balaban J connectivity index is 1.46. The van der Waals surface area contributed by atoms with Crippen LogP contribution < -0.4 is 0 Å². The molecule has 1 saturated heterocycles. The van der Waals surface area contributed by atoms with E-state index in [2.05, 4.69) is 0 Å². The van der Waals surface area contributed by atoms with Gasteiger partial charge in [0.15, 0.2) is 0 Å². The Morgan fingerprint density at radius 2 is 1.19 bits per heavy atom. The van der Waals surface area contributed by atoms with Crippen molar-refractivity contribution in [1.82, 2.24) is 0 Å². The van der Waals surface area contributed by atoms with Crippen molar-refractivity contribution in [3.05, 3.63) is 71.8 Å². The quantitative estimate of drug-likeness (QED) is 0.650. The number of benzene rings is 2. The Bertz CT molecular complexity index is 565. The highest BCUT2D eigenvalue weighted by molar-refractivity contribution is 5.14. The fraction of sp³-hybridized carbons (Fsp3) is 0.429. The Kier molecular flexibility index (Phi) is 7.61. The van der Waals surface area contributed by atoms with Gasteiger partial charge in [-0.2, -0.15) is 0 Å². The van der Waals surface area contributed by atoms with Crippen LogP contribution >= 0.6 is 0 Å². The summed E-state index contributed by atoms with van der Waals surface area (Å²) in [6.45, 7) is 3.72. The molecule has 0 amide bonds. The molecule has 1 aliphatic rings. The third-order valence-electron chi connectivity index (χ3n) is 4.08. The predicted molar refractivity (Wildman–Crippen MR) is 97.4 cm³/mol. The van der Waals surface area contributed by atoms with E-state index in [1.54, 1.807) is 0 Å². The van der Waals surface area contributed by atoms with Crippen LogP contribution in [0, 0.1) is 0 Å². The van der Waals surface area contributed by atoms with E-state index in [1.807, 2.05) is 67.6 Å². The highest BCUT2D eigenvalue weighted by Crippen LogP contribution is 2.22. The summed E-state index contributed by atoms with van der Waals surface area (Å²) in [5.74, 6) is 0. The molecule has 0 radical (unpaired) electrons. The van der Waals surface area contributed by atoms with Gasteiger partial charge < -0.3 is 23.7 Å². The van der Waals surface area contributed by atoms with Gasteiger partial charge in [-0.1, -0.05) is 60.7 Å². The molecule has 26 heavy (non-hydrogen) atoms. The molecule has 2 aromatic carbocycles. The van der Waals surface area contributed by atoms with Crippen LogP contribution in [0.5, 0.6) is 0 Å². The number of hydrogen-bond donors (Lipinski definition) is 0. The second-order valence-corrected chi connectivity index (χ2v) is 6.09. The molecule has 1 aliphatic heterocycles. The van der Waals surface area contributed by atoms with Crippen LogP contribution in [0.2, 0.25) is 0 Å². The summed E-state index contributed by atoms with van der Waals surface area (Å²) < 4.78 is 28.7. The molecule has 0 N–H and O–H groups in total. The molecule has 5 heteroatoms. The molecule has 1 fully saturated rings. The highest BCUT2D eigenvalue weighted by atomic mass is 16.9. The zero-order valence-electron chi connectivity index (χ0n) is 15.1. The lowest BCUT2D eigenvalue weighted by molar-refractivity contribution is -0.243. The minimum absolute atomic E-state index is 0.217. The number of ether oxygens (including phenoxy) is 5. The topological polar surface area (TPSA) is 46.2 Å². The first-order valence-corrected chi connectivity index (χ1v) is 9.01. The van der Waals surface area contributed by atoms with E-state index < -0.39 is 6.48 Å². The van der Waals surface area contributed by atoms with Gasteiger partial charge in [-0.3, -0.25) is 0 Å². The van der Waals surface area contributed by atoms with Gasteiger partial charge in [-0.05, 0) is 18.1 Å². The molecule has 5 nitrogen and oxygen atoms in total. The maximum absolute atomic E-state index is 5.81. The molecule has 140 valence electrons. The summed E-state index contributed by atoms with van der Waals surface area (Å²) in [5.41, 5.74) is 2.26. The predicted octanol–water partition coefficient (Wildman–Crippen LogP) is 3.52. The molecular formula is C21H26O5. The molecule has 0 spiro atoms. The van der Waals surface area contributed by atoms with Crippen LogP contribution in [0.15, 0.2) is 60.7 Å². The van der Waals surface area contributed by atoms with Crippen molar-refractivity contribution in [2.75, 3.05) is 19.8 Å². The van der Waals surface area contributed by atoms with Gasteiger partial charge >= 0.3 is 0 Å². The summed E-state index contributed by atoms with van der Waals surface area (Å²) >= 11 is 0. The summed E-state index contributed by atoms with van der Waals surface area (Å²) in [7, 11) is 0. The fourth-order valence-electron chi connectivity index (χ4n) is 2.73. The third kappa shape index (κ3) is 5.90. The average Bonchev–Trinajstić information content (AvgIpc) is 3.05. The van der Waals surface area contributed by atoms with Crippen molar-refractivity contribution >= 4 is 0 Å². The molecule has 2 atom stereocenters. The Hall–Kier alpha value is -1.76. The van der Waals surface area contributed by atoms with Crippen molar-refractivity contribution in [3.63, 3.8) is 0 Å². The maximum atomic E-state index is 5.81. The monoisotopic (exact) mass is 358 g/mol. The average molecular weight is 358 g/mol. The second-order valence-electron chi connectivity index (χ2n) is 6.09. The van der Waals surface area contributed by atoms with Gasteiger partial charge in [0, 0.05) is 6.61 Å². The minimum atomic E-state index is -0.657. The number of hydrogen-bond acceptors (Lipinski definition) is 5. The van der Waals surface area contributed by atoms with Crippen LogP contribution in [0.4, 0.5) is 0 Å². The van der Waals surface area contributed by atoms with E-state index in [1.165, 1.54) is 0 Å². The molecule has 1 heterocycles. The molecule has 0 unspecified atom stereocenters. The van der Waals surface area contributed by atoms with E-state index in [0.717, 1.165) is 11.1 Å². The fourth-order valence-corrected chi connectivity index (χ4v) is 2.73. The second kappa shape index (κ2) is 10.4. The van der Waals surface area contributed by atoms with Crippen LogP contribution in [-0.4, -0.2) is 38.5 Å². The summed E-state index contributed by atoms with van der Waals surface area (Å²) in [4.78, 5) is 0. The van der Waals surface area contributed by atoms with Gasteiger partial charge in [0.25, 0.3) is 6.48 Å². The molecule has 2 aromatic rings. The van der Waals surface area contributed by atoms with Crippen molar-refractivity contribution in [3.8, 4) is 0 Å². The molecule has 0 saturated carbocycles. The lowest BCUT2D eigenvalue weighted by atomic mass is 10.2. The van der Waals surface area contributed by atoms with Crippen molar-refractivity contribution in [2.24, 2.45) is 0 Å². The largest absolute Gasteiger partial charge is 0.374 e. The highest BCUT2D eigenvalue weighted by Gasteiger charge is 2.37. The van der Waals surface area contributed by atoms with E-state index in [0.29, 0.717) is 33.0 Å². The van der Waals surface area contributed by atoms with Crippen LogP contribution in [0.3, 0.4) is 0 Å². The van der Waals surface area contributed by atoms with Gasteiger partial charge in [0.05, 0.1) is 26.4 Å². The first-order valence-electron chi connectivity index (χ1n) is 9.01. The van der Waals surface area contributed by atoms with Crippen molar-refractivity contribution < 1.29 is 23.7 Å². The van der Waals surface area contributed by atoms with E-state index in [4.69, 9.17) is 23.7 Å². The van der Waals surface area contributed by atoms with Crippen LogP contribution in [0.25, 0.3) is 0 Å². The molecular weight excluding hydrogens is 332 g/mol. The zero-order valence-corrected chi connectivity index (χ0v) is 15.1. The normalized spacial score (nSPS) is 20.5. The zero-order chi connectivity index (χ0) is 18.0. The van der Waals surface area contributed by atoms with Gasteiger partial charge in [-0.15, -0.1) is 0 Å². The Morgan fingerprint density at radius 3 is 1.62 bits per heavy atom. The van der Waals surface area contributed by atoms with Crippen LogP contribution in [-0.2, 0) is 36.9 Å². The van der Waals surface area contributed by atoms with Crippen molar-refractivity contribution in [1.29, 1.82) is 0 Å². The lowest BCUT2D eigenvalue weighted by Gasteiger charge is -2.17. The van der Waals surface area contributed by atoms with Gasteiger partial charge in [0.1, 0.15) is 12.2 Å². The van der Waals surface area contributed by atoms with Gasteiger partial charge in [-0.25, -0.2) is 0 Å². The summed E-state index contributed by atoms with van der Waals surface area (Å²) in [6.07, 6.45) is -0.433. The first-order chi connectivity index (χ1) is 12.8. The smallest absolute Gasteiger partial charge is 0.272 e. The lowest BCUT2D eigenvalue weighted by Crippen LogP contribution is -2.31.